The zero-order valence-corrected chi connectivity index (χ0v) is 22.5. The van der Waals surface area contributed by atoms with Crippen LogP contribution in [0.25, 0.3) is 0 Å². The Bertz CT molecular complexity index is 1260. The molecule has 3 heterocycles. The molecule has 0 saturated carbocycles. The number of likely N-dealkylation sites (tertiary alicyclic amines) is 1. The lowest BCUT2D eigenvalue weighted by Gasteiger charge is -2.28. The van der Waals surface area contributed by atoms with Crippen molar-refractivity contribution in [1.82, 2.24) is 4.90 Å². The van der Waals surface area contributed by atoms with Crippen LogP contribution in [0.2, 0.25) is 0 Å². The number of hydrogen-bond acceptors (Lipinski definition) is 5. The van der Waals surface area contributed by atoms with E-state index in [1.807, 2.05) is 47.4 Å². The molecule has 2 N–H and O–H groups in total. The molecule has 0 radical (unpaired) electrons. The summed E-state index contributed by atoms with van der Waals surface area (Å²) in [7, 11) is 0. The number of aliphatic hydroxyl groups excluding tert-OH is 1. The number of carbonyl (C=O) groups is 3. The number of carbonyl (C=O) groups excluding carboxylic acids is 3. The second kappa shape index (κ2) is 11.3. The number of nitrogens with zero attached hydrogens (tertiary/aromatic N) is 3. The molecule has 8 heteroatoms. The van der Waals surface area contributed by atoms with Gasteiger partial charge >= 0.3 is 0 Å². The molecule has 3 aliphatic heterocycles. The Kier molecular flexibility index (Phi) is 7.86. The highest BCUT2D eigenvalue weighted by molar-refractivity contribution is 6.07. The first-order chi connectivity index (χ1) is 18.8. The van der Waals surface area contributed by atoms with Crippen LogP contribution in [0.3, 0.4) is 0 Å². The van der Waals surface area contributed by atoms with E-state index in [1.54, 1.807) is 34.9 Å². The van der Waals surface area contributed by atoms with E-state index in [0.29, 0.717) is 30.8 Å². The molecule has 206 valence electrons. The molecule has 5 rings (SSSR count). The molecule has 2 fully saturated rings. The highest BCUT2D eigenvalue weighted by Gasteiger charge is 2.52. The molecule has 0 aromatic heterocycles. The second-order valence-corrected chi connectivity index (χ2v) is 10.8. The fourth-order valence-corrected chi connectivity index (χ4v) is 6.08. The summed E-state index contributed by atoms with van der Waals surface area (Å²) < 4.78 is 0. The fraction of sp³-hybridized carbons (Fsp3) is 0.452. The van der Waals surface area contributed by atoms with Gasteiger partial charge in [0.1, 0.15) is 0 Å². The van der Waals surface area contributed by atoms with Crippen molar-refractivity contribution < 1.29 is 24.6 Å². The number of benzene rings is 2. The van der Waals surface area contributed by atoms with Crippen molar-refractivity contribution >= 4 is 29.1 Å². The van der Waals surface area contributed by atoms with Crippen molar-refractivity contribution in [3.8, 4) is 0 Å². The van der Waals surface area contributed by atoms with Gasteiger partial charge in [0.2, 0.25) is 11.8 Å². The third kappa shape index (κ3) is 5.11. The Morgan fingerprint density at radius 3 is 2.59 bits per heavy atom. The summed E-state index contributed by atoms with van der Waals surface area (Å²) in [4.78, 5) is 43.9. The van der Waals surface area contributed by atoms with E-state index in [-0.39, 0.29) is 30.9 Å². The minimum atomic E-state index is -1.75. The van der Waals surface area contributed by atoms with Crippen molar-refractivity contribution in [3.05, 3.63) is 71.8 Å². The Hall–Kier alpha value is -3.49. The van der Waals surface area contributed by atoms with Gasteiger partial charge in [-0.25, -0.2) is 0 Å². The standard InChI is InChI=1S/C31H37N3O5/c1-22(8-6-13-29(37)33-19-7-9-25(33)21-35)31(39)26-10-2-3-11-27(26)34(30(31)38)20-23-14-16-24(17-15-23)32-18-5-4-12-28(32)36/h2-3,6,8,10-11,14-17,22,25,35,39H,4-5,7,9,12-13,18-21H2,1H3/b8-6+/t22-,25+,31+/m1/s1. The van der Waals surface area contributed by atoms with E-state index in [1.165, 1.54) is 0 Å². The first kappa shape index (κ1) is 27.1. The molecule has 0 unspecified atom stereocenters. The van der Waals surface area contributed by atoms with E-state index >= 15 is 0 Å². The van der Waals surface area contributed by atoms with E-state index in [9.17, 15) is 24.6 Å². The molecule has 3 aliphatic rings. The summed E-state index contributed by atoms with van der Waals surface area (Å²) in [6, 6.07) is 14.9. The summed E-state index contributed by atoms with van der Waals surface area (Å²) in [5.74, 6) is -0.887. The van der Waals surface area contributed by atoms with Crippen molar-refractivity contribution in [1.29, 1.82) is 0 Å². The minimum Gasteiger partial charge on any atom is -0.394 e. The smallest absolute Gasteiger partial charge is 0.264 e. The topological polar surface area (TPSA) is 101 Å². The number of aliphatic hydroxyl groups is 2. The summed E-state index contributed by atoms with van der Waals surface area (Å²) in [6.45, 7) is 3.41. The van der Waals surface area contributed by atoms with Crippen LogP contribution in [0.5, 0.6) is 0 Å². The zero-order chi connectivity index (χ0) is 27.6. The normalized spacial score (nSPS) is 24.1. The molecule has 0 bridgehead atoms. The molecule has 0 aliphatic carbocycles. The average molecular weight is 532 g/mol. The van der Waals surface area contributed by atoms with Crippen LogP contribution in [-0.4, -0.2) is 58.6 Å². The Morgan fingerprint density at radius 1 is 1.08 bits per heavy atom. The molecular weight excluding hydrogens is 494 g/mol. The van der Waals surface area contributed by atoms with Crippen LogP contribution in [0.15, 0.2) is 60.7 Å². The molecule has 3 amide bonds. The predicted molar refractivity (Wildman–Crippen MR) is 149 cm³/mol. The van der Waals surface area contributed by atoms with Gasteiger partial charge < -0.3 is 24.9 Å². The van der Waals surface area contributed by atoms with Gasteiger partial charge in [0.25, 0.3) is 5.91 Å². The van der Waals surface area contributed by atoms with Crippen LogP contribution in [-0.2, 0) is 26.5 Å². The van der Waals surface area contributed by atoms with E-state index in [4.69, 9.17) is 0 Å². The highest BCUT2D eigenvalue weighted by atomic mass is 16.3. The van der Waals surface area contributed by atoms with Gasteiger partial charge in [0, 0.05) is 43.1 Å². The number of amides is 3. The van der Waals surface area contributed by atoms with Gasteiger partial charge in [-0.1, -0.05) is 49.4 Å². The predicted octanol–water partition coefficient (Wildman–Crippen LogP) is 3.50. The molecule has 2 aromatic rings. The van der Waals surface area contributed by atoms with Gasteiger partial charge in [-0.05, 0) is 49.4 Å². The first-order valence-corrected chi connectivity index (χ1v) is 13.9. The Balaban J connectivity index is 1.30. The quantitative estimate of drug-likeness (QED) is 0.508. The third-order valence-electron chi connectivity index (χ3n) is 8.37. The molecule has 2 aromatic carbocycles. The maximum absolute atomic E-state index is 13.8. The Morgan fingerprint density at radius 2 is 1.85 bits per heavy atom. The number of rotatable bonds is 8. The maximum Gasteiger partial charge on any atom is 0.264 e. The molecular formula is C31H37N3O5. The molecule has 0 spiro atoms. The van der Waals surface area contributed by atoms with Gasteiger partial charge in [0.05, 0.1) is 24.9 Å². The summed E-state index contributed by atoms with van der Waals surface area (Å²) in [5, 5.41) is 21.3. The van der Waals surface area contributed by atoms with Gasteiger partial charge in [-0.3, -0.25) is 14.4 Å². The second-order valence-electron chi connectivity index (χ2n) is 10.8. The van der Waals surface area contributed by atoms with Crippen molar-refractivity contribution in [3.63, 3.8) is 0 Å². The van der Waals surface area contributed by atoms with Gasteiger partial charge in [-0.15, -0.1) is 0 Å². The Labute approximate surface area is 229 Å². The molecule has 39 heavy (non-hydrogen) atoms. The van der Waals surface area contributed by atoms with Gasteiger partial charge in [-0.2, -0.15) is 0 Å². The van der Waals surface area contributed by atoms with Crippen LogP contribution in [0.4, 0.5) is 11.4 Å². The van der Waals surface area contributed by atoms with E-state index in [2.05, 4.69) is 0 Å². The van der Waals surface area contributed by atoms with Crippen LogP contribution in [0.1, 0.15) is 56.6 Å². The summed E-state index contributed by atoms with van der Waals surface area (Å²) in [5.41, 5.74) is 1.22. The zero-order valence-electron chi connectivity index (χ0n) is 22.5. The fourth-order valence-electron chi connectivity index (χ4n) is 6.08. The van der Waals surface area contributed by atoms with Gasteiger partial charge in [0.15, 0.2) is 5.60 Å². The SMILES string of the molecule is C[C@H](/C=C/CC(=O)N1CCC[C@H]1CO)[C@@]1(O)C(=O)N(Cc2ccc(N3CCCCC3=O)cc2)c2ccccc21. The lowest BCUT2D eigenvalue weighted by molar-refractivity contribution is -0.139. The lowest BCUT2D eigenvalue weighted by Crippen LogP contribution is -2.44. The van der Waals surface area contributed by atoms with Crippen molar-refractivity contribution in [2.75, 3.05) is 29.5 Å². The molecule has 2 saturated heterocycles. The molecule has 8 nitrogen and oxygen atoms in total. The summed E-state index contributed by atoms with van der Waals surface area (Å²) in [6.07, 6.45) is 7.80. The van der Waals surface area contributed by atoms with Crippen molar-refractivity contribution in [2.24, 2.45) is 5.92 Å². The average Bonchev–Trinajstić information content (AvgIpc) is 3.52. The van der Waals surface area contributed by atoms with E-state index < -0.39 is 17.4 Å². The number of anilines is 2. The lowest BCUT2D eigenvalue weighted by atomic mass is 9.83. The largest absolute Gasteiger partial charge is 0.394 e. The monoisotopic (exact) mass is 531 g/mol. The maximum atomic E-state index is 13.8. The van der Waals surface area contributed by atoms with Crippen LogP contribution in [0, 0.1) is 5.92 Å². The molecule has 3 atom stereocenters. The number of para-hydroxylation sites is 1. The first-order valence-electron chi connectivity index (χ1n) is 13.9. The minimum absolute atomic E-state index is 0.0359. The van der Waals surface area contributed by atoms with Crippen LogP contribution >= 0.6 is 0 Å². The third-order valence-corrected chi connectivity index (χ3v) is 8.37. The summed E-state index contributed by atoms with van der Waals surface area (Å²) >= 11 is 0. The number of hydrogen-bond donors (Lipinski definition) is 2. The van der Waals surface area contributed by atoms with Crippen molar-refractivity contribution in [2.45, 2.75) is 63.6 Å². The number of fused-ring (bicyclic) bond motifs is 1. The number of piperidine rings is 1. The van der Waals surface area contributed by atoms with E-state index in [0.717, 1.165) is 43.5 Å². The van der Waals surface area contributed by atoms with Crippen LogP contribution < -0.4 is 9.80 Å². The highest BCUT2D eigenvalue weighted by Crippen LogP contribution is 2.45.